The number of aryl methyl sites for hydroxylation is 1. The molecule has 0 unspecified atom stereocenters. The molecular formula is C30H24F3N7. The normalized spacial score (nSPS) is 15.4. The van der Waals surface area contributed by atoms with Gasteiger partial charge in [-0.2, -0.15) is 5.10 Å². The lowest BCUT2D eigenvalue weighted by atomic mass is 10.0. The molecule has 6 heterocycles. The highest BCUT2D eigenvalue weighted by Crippen LogP contribution is 2.35. The van der Waals surface area contributed by atoms with Crippen LogP contribution in [0.5, 0.6) is 0 Å². The van der Waals surface area contributed by atoms with Crippen molar-refractivity contribution in [2.75, 3.05) is 13.1 Å². The van der Waals surface area contributed by atoms with E-state index in [2.05, 4.69) is 30.1 Å². The zero-order valence-corrected chi connectivity index (χ0v) is 21.5. The van der Waals surface area contributed by atoms with Crippen LogP contribution in [0.2, 0.25) is 0 Å². The summed E-state index contributed by atoms with van der Waals surface area (Å²) in [7, 11) is 0. The fraction of sp³-hybridized carbons (Fsp3) is 0.200. The second-order valence-corrected chi connectivity index (χ2v) is 10.4. The molecule has 0 saturated carbocycles. The van der Waals surface area contributed by atoms with Crippen molar-refractivity contribution in [2.45, 2.75) is 25.8 Å². The first-order valence-corrected chi connectivity index (χ1v) is 12.9. The Balaban J connectivity index is 1.25. The van der Waals surface area contributed by atoms with Crippen molar-refractivity contribution in [2.24, 2.45) is 0 Å². The number of aromatic amines is 2. The van der Waals surface area contributed by atoms with Gasteiger partial charge in [-0.3, -0.25) is 25.0 Å². The van der Waals surface area contributed by atoms with Gasteiger partial charge in [0.2, 0.25) is 0 Å². The maximum absolute atomic E-state index is 14.2. The lowest BCUT2D eigenvalue weighted by Gasteiger charge is -2.15. The summed E-state index contributed by atoms with van der Waals surface area (Å²) in [6.07, 6.45) is 8.51. The number of fused-ring (bicyclic) bond motifs is 2. The van der Waals surface area contributed by atoms with E-state index in [1.54, 1.807) is 35.9 Å². The highest BCUT2D eigenvalue weighted by atomic mass is 19.3. The van der Waals surface area contributed by atoms with Crippen molar-refractivity contribution in [3.8, 4) is 33.8 Å². The molecule has 200 valence electrons. The standard InChI is InChI=1S/C30H24F3N7/c1-17-4-19(7-21(31)5-17)24-12-35-13-27-22(24)8-26(37-27)29-23-9-25(36-14-28(23)38-39-29)20-6-18(10-34-11-20)15-40-3-2-30(32,33)16-40/h4-14,37H,2-3,15-16H2,1H3,(H,38,39). The first kappa shape index (κ1) is 24.5. The van der Waals surface area contributed by atoms with Gasteiger partial charge in [0.1, 0.15) is 11.5 Å². The van der Waals surface area contributed by atoms with Gasteiger partial charge in [0.05, 0.1) is 41.4 Å². The number of H-pyrrole nitrogens is 2. The molecule has 10 heteroatoms. The van der Waals surface area contributed by atoms with Gasteiger partial charge in [0.25, 0.3) is 5.92 Å². The molecule has 1 saturated heterocycles. The predicted molar refractivity (Wildman–Crippen MR) is 147 cm³/mol. The summed E-state index contributed by atoms with van der Waals surface area (Å²) < 4.78 is 41.5. The third-order valence-electron chi connectivity index (χ3n) is 7.35. The monoisotopic (exact) mass is 539 g/mol. The van der Waals surface area contributed by atoms with E-state index >= 15 is 0 Å². The molecule has 1 aliphatic heterocycles. The molecule has 1 fully saturated rings. The van der Waals surface area contributed by atoms with Gasteiger partial charge in [-0.1, -0.05) is 6.07 Å². The SMILES string of the molecule is Cc1cc(F)cc(-c2cncc3[nH]c(-c4n[nH]c5cnc(-c6cncc(CN7CCC(F)(F)C7)c6)cc45)cc23)c1. The molecule has 1 aliphatic rings. The van der Waals surface area contributed by atoms with E-state index in [0.29, 0.717) is 24.5 Å². The van der Waals surface area contributed by atoms with Crippen LogP contribution in [0.15, 0.2) is 67.4 Å². The van der Waals surface area contributed by atoms with Crippen LogP contribution >= 0.6 is 0 Å². The molecule has 6 aromatic rings. The molecule has 1 aromatic carbocycles. The number of nitrogens with one attached hydrogen (secondary N) is 2. The minimum Gasteiger partial charge on any atom is -0.352 e. The van der Waals surface area contributed by atoms with Crippen molar-refractivity contribution in [1.29, 1.82) is 0 Å². The van der Waals surface area contributed by atoms with E-state index in [9.17, 15) is 13.2 Å². The number of pyridine rings is 3. The van der Waals surface area contributed by atoms with Crippen molar-refractivity contribution in [3.63, 3.8) is 0 Å². The molecule has 40 heavy (non-hydrogen) atoms. The van der Waals surface area contributed by atoms with E-state index in [1.807, 2.05) is 31.2 Å². The van der Waals surface area contributed by atoms with Crippen LogP contribution in [0.4, 0.5) is 13.2 Å². The number of benzene rings is 1. The van der Waals surface area contributed by atoms with Crippen LogP contribution in [0, 0.1) is 12.7 Å². The molecule has 5 aromatic heterocycles. The molecule has 0 aliphatic carbocycles. The number of aromatic nitrogens is 6. The smallest absolute Gasteiger partial charge is 0.261 e. The van der Waals surface area contributed by atoms with Gasteiger partial charge in [-0.25, -0.2) is 13.2 Å². The van der Waals surface area contributed by atoms with E-state index in [4.69, 9.17) is 0 Å². The predicted octanol–water partition coefficient (Wildman–Crippen LogP) is 6.52. The van der Waals surface area contributed by atoms with Crippen LogP contribution in [0.3, 0.4) is 0 Å². The third-order valence-corrected chi connectivity index (χ3v) is 7.35. The molecule has 0 bridgehead atoms. The number of halogens is 3. The molecular weight excluding hydrogens is 515 g/mol. The average Bonchev–Trinajstić information content (AvgIpc) is 3.63. The number of alkyl halides is 2. The van der Waals surface area contributed by atoms with Crippen molar-refractivity contribution >= 4 is 21.8 Å². The molecule has 7 rings (SSSR count). The largest absolute Gasteiger partial charge is 0.352 e. The van der Waals surface area contributed by atoms with Crippen molar-refractivity contribution < 1.29 is 13.2 Å². The number of rotatable bonds is 5. The molecule has 0 amide bonds. The molecule has 0 atom stereocenters. The average molecular weight is 540 g/mol. The lowest BCUT2D eigenvalue weighted by molar-refractivity contribution is 0.0115. The topological polar surface area (TPSA) is 86.4 Å². The quantitative estimate of drug-likeness (QED) is 0.261. The van der Waals surface area contributed by atoms with Gasteiger partial charge in [-0.15, -0.1) is 0 Å². The van der Waals surface area contributed by atoms with Gasteiger partial charge in [0, 0.05) is 60.0 Å². The van der Waals surface area contributed by atoms with Crippen LogP contribution in [-0.4, -0.2) is 54.0 Å². The number of nitrogens with zero attached hydrogens (tertiary/aromatic N) is 5. The van der Waals surface area contributed by atoms with E-state index < -0.39 is 5.92 Å². The maximum atomic E-state index is 14.2. The summed E-state index contributed by atoms with van der Waals surface area (Å²) in [4.78, 5) is 18.5. The molecule has 7 nitrogen and oxygen atoms in total. The zero-order valence-electron chi connectivity index (χ0n) is 21.5. The number of hydrogen-bond donors (Lipinski definition) is 2. The summed E-state index contributed by atoms with van der Waals surface area (Å²) in [5.41, 5.74) is 7.82. The Morgan fingerprint density at radius 2 is 1.77 bits per heavy atom. The first-order valence-electron chi connectivity index (χ1n) is 12.9. The summed E-state index contributed by atoms with van der Waals surface area (Å²) in [6, 6.07) is 10.8. The summed E-state index contributed by atoms with van der Waals surface area (Å²) in [5, 5.41) is 9.37. The Labute approximate surface area is 227 Å². The van der Waals surface area contributed by atoms with Crippen LogP contribution < -0.4 is 0 Å². The zero-order chi connectivity index (χ0) is 27.4. The fourth-order valence-electron chi connectivity index (χ4n) is 5.49. The Bertz CT molecular complexity index is 1870. The number of likely N-dealkylation sites (tertiary alicyclic amines) is 1. The second kappa shape index (κ2) is 9.27. The highest BCUT2D eigenvalue weighted by Gasteiger charge is 2.37. The number of hydrogen-bond acceptors (Lipinski definition) is 5. The Morgan fingerprint density at radius 3 is 2.60 bits per heavy atom. The van der Waals surface area contributed by atoms with Gasteiger partial charge < -0.3 is 4.98 Å². The summed E-state index contributed by atoms with van der Waals surface area (Å²) >= 11 is 0. The lowest BCUT2D eigenvalue weighted by Crippen LogP contribution is -2.24. The van der Waals surface area contributed by atoms with Crippen LogP contribution in [-0.2, 0) is 6.54 Å². The van der Waals surface area contributed by atoms with Gasteiger partial charge in [-0.05, 0) is 53.9 Å². The maximum Gasteiger partial charge on any atom is 0.261 e. The molecule has 0 spiro atoms. The minimum atomic E-state index is -2.63. The van der Waals surface area contributed by atoms with Gasteiger partial charge in [0.15, 0.2) is 0 Å². The van der Waals surface area contributed by atoms with Crippen LogP contribution in [0.1, 0.15) is 17.5 Å². The Hall–Kier alpha value is -4.57. The van der Waals surface area contributed by atoms with E-state index in [1.165, 1.54) is 12.1 Å². The highest BCUT2D eigenvalue weighted by molar-refractivity contribution is 6.01. The summed E-state index contributed by atoms with van der Waals surface area (Å²) in [5.74, 6) is -2.93. The minimum absolute atomic E-state index is 0.116. The molecule has 0 radical (unpaired) electrons. The Morgan fingerprint density at radius 1 is 0.900 bits per heavy atom. The van der Waals surface area contributed by atoms with Crippen LogP contribution in [0.25, 0.3) is 55.6 Å². The third kappa shape index (κ3) is 4.50. The first-order chi connectivity index (χ1) is 19.3. The second-order valence-electron chi connectivity index (χ2n) is 10.4. The Kier molecular flexibility index (Phi) is 5.67. The fourth-order valence-corrected chi connectivity index (χ4v) is 5.49. The summed E-state index contributed by atoms with van der Waals surface area (Å²) in [6.45, 7) is 2.40. The van der Waals surface area contributed by atoms with Gasteiger partial charge >= 0.3 is 0 Å². The van der Waals surface area contributed by atoms with E-state index in [0.717, 1.165) is 55.3 Å². The molecule has 2 N–H and O–H groups in total. The van der Waals surface area contributed by atoms with E-state index in [-0.39, 0.29) is 18.8 Å². The van der Waals surface area contributed by atoms with Crippen molar-refractivity contribution in [1.82, 2.24) is 35.0 Å². The van der Waals surface area contributed by atoms with Crippen molar-refractivity contribution in [3.05, 3.63) is 84.3 Å².